The summed E-state index contributed by atoms with van der Waals surface area (Å²) in [5.74, 6) is 1.57. The van der Waals surface area contributed by atoms with Crippen LogP contribution < -0.4 is 0 Å². The predicted octanol–water partition coefficient (Wildman–Crippen LogP) is 4.11. The van der Waals surface area contributed by atoms with Crippen molar-refractivity contribution in [1.29, 1.82) is 0 Å². The average molecular weight is 310 g/mol. The summed E-state index contributed by atoms with van der Waals surface area (Å²) in [6, 6.07) is 0.436. The molecule has 0 fully saturated rings. The van der Waals surface area contributed by atoms with E-state index in [-0.39, 0.29) is 0 Å². The number of rotatable bonds is 2. The van der Waals surface area contributed by atoms with Crippen molar-refractivity contribution in [2.45, 2.75) is 39.7 Å². The van der Waals surface area contributed by atoms with E-state index in [9.17, 15) is 0 Å². The number of imidazole rings is 1. The van der Waals surface area contributed by atoms with E-state index < -0.39 is 0 Å². The van der Waals surface area contributed by atoms with E-state index in [2.05, 4.69) is 69.1 Å². The third kappa shape index (κ3) is 2.15. The van der Waals surface area contributed by atoms with E-state index in [1.807, 2.05) is 0 Å². The maximum Gasteiger partial charge on any atom is 0.139 e. The highest BCUT2D eigenvalue weighted by atomic mass is 79.9. The zero-order valence-corrected chi connectivity index (χ0v) is 11.5. The molecular weight excluding hydrogens is 296 g/mol. The Hall–Kier alpha value is 0.170. The number of aromatic nitrogens is 2. The van der Waals surface area contributed by atoms with Crippen LogP contribution in [-0.4, -0.2) is 9.55 Å². The molecule has 0 saturated carbocycles. The van der Waals surface area contributed by atoms with Crippen LogP contribution in [0.15, 0.2) is 9.21 Å². The van der Waals surface area contributed by atoms with Crippen molar-refractivity contribution in [2.75, 3.05) is 0 Å². The molecule has 0 N–H and O–H groups in total. The van der Waals surface area contributed by atoms with Crippen LogP contribution in [0.25, 0.3) is 0 Å². The Labute approximate surface area is 96.0 Å². The smallest absolute Gasteiger partial charge is 0.139 e. The normalized spacial score (nSPS) is 11.7. The molecule has 0 saturated heterocycles. The van der Waals surface area contributed by atoms with E-state index in [0.717, 1.165) is 15.0 Å². The summed E-state index contributed by atoms with van der Waals surface area (Å²) < 4.78 is 4.13. The standard InChI is InChI=1S/C9H14Br2N2/c1-5(2)9-12-7(10)8(11)13(9)6(3)4/h5-6H,1-4H3. The van der Waals surface area contributed by atoms with E-state index in [1.54, 1.807) is 0 Å². The first-order chi connectivity index (χ1) is 5.95. The SMILES string of the molecule is CC(C)c1nc(Br)c(Br)n1C(C)C. The van der Waals surface area contributed by atoms with Crippen molar-refractivity contribution >= 4 is 31.9 Å². The third-order valence-electron chi connectivity index (χ3n) is 1.87. The van der Waals surface area contributed by atoms with Gasteiger partial charge in [0.2, 0.25) is 0 Å². The zero-order chi connectivity index (χ0) is 10.2. The van der Waals surface area contributed by atoms with Gasteiger partial charge in [-0.3, -0.25) is 0 Å². The lowest BCUT2D eigenvalue weighted by Crippen LogP contribution is -2.07. The molecule has 0 aliphatic rings. The molecule has 0 spiro atoms. The maximum atomic E-state index is 4.46. The number of nitrogens with zero attached hydrogens (tertiary/aromatic N) is 2. The summed E-state index contributed by atoms with van der Waals surface area (Å²) in [7, 11) is 0. The van der Waals surface area contributed by atoms with Crippen molar-refractivity contribution < 1.29 is 0 Å². The van der Waals surface area contributed by atoms with E-state index in [0.29, 0.717) is 12.0 Å². The van der Waals surface area contributed by atoms with Crippen LogP contribution in [0.5, 0.6) is 0 Å². The lowest BCUT2D eigenvalue weighted by atomic mass is 10.2. The van der Waals surface area contributed by atoms with E-state index >= 15 is 0 Å². The first kappa shape index (κ1) is 11.2. The second kappa shape index (κ2) is 4.13. The van der Waals surface area contributed by atoms with Gasteiger partial charge in [-0.2, -0.15) is 0 Å². The van der Waals surface area contributed by atoms with Crippen molar-refractivity contribution in [3.63, 3.8) is 0 Å². The topological polar surface area (TPSA) is 17.8 Å². The van der Waals surface area contributed by atoms with Crippen LogP contribution in [0.2, 0.25) is 0 Å². The molecule has 1 heterocycles. The lowest BCUT2D eigenvalue weighted by Gasteiger charge is -2.14. The van der Waals surface area contributed by atoms with Gasteiger partial charge in [0.05, 0.1) is 0 Å². The largest absolute Gasteiger partial charge is 0.319 e. The molecule has 2 nitrogen and oxygen atoms in total. The molecule has 13 heavy (non-hydrogen) atoms. The predicted molar refractivity (Wildman–Crippen MR) is 62.1 cm³/mol. The molecule has 0 aliphatic carbocycles. The number of hydrogen-bond donors (Lipinski definition) is 0. The van der Waals surface area contributed by atoms with Gasteiger partial charge >= 0.3 is 0 Å². The first-order valence-corrected chi connectivity index (χ1v) is 5.96. The molecular formula is C9H14Br2N2. The molecule has 0 atom stereocenters. The quantitative estimate of drug-likeness (QED) is 0.804. The second-order valence-corrected chi connectivity index (χ2v) is 5.17. The van der Waals surface area contributed by atoms with Crippen molar-refractivity contribution in [3.8, 4) is 0 Å². The molecule has 0 bridgehead atoms. The van der Waals surface area contributed by atoms with Gasteiger partial charge in [0.25, 0.3) is 0 Å². The Morgan fingerprint density at radius 2 is 1.69 bits per heavy atom. The molecule has 0 unspecified atom stereocenters. The maximum absolute atomic E-state index is 4.46. The average Bonchev–Trinajstić information content (AvgIpc) is 2.28. The van der Waals surface area contributed by atoms with Crippen molar-refractivity contribution in [3.05, 3.63) is 15.0 Å². The van der Waals surface area contributed by atoms with Crippen LogP contribution in [0.4, 0.5) is 0 Å². The van der Waals surface area contributed by atoms with Crippen LogP contribution in [0.3, 0.4) is 0 Å². The molecule has 1 aromatic rings. The fourth-order valence-electron chi connectivity index (χ4n) is 1.30. The molecule has 0 aliphatic heterocycles. The van der Waals surface area contributed by atoms with E-state index in [1.165, 1.54) is 0 Å². The summed E-state index contributed by atoms with van der Waals surface area (Å²) in [6.07, 6.45) is 0. The fourth-order valence-corrected chi connectivity index (χ4v) is 2.35. The molecule has 4 heteroatoms. The second-order valence-electron chi connectivity index (χ2n) is 3.67. The van der Waals surface area contributed by atoms with Crippen LogP contribution >= 0.6 is 31.9 Å². The number of hydrogen-bond acceptors (Lipinski definition) is 1. The third-order valence-corrected chi connectivity index (χ3v) is 3.72. The summed E-state index contributed by atoms with van der Waals surface area (Å²) >= 11 is 6.95. The highest BCUT2D eigenvalue weighted by Crippen LogP contribution is 2.30. The molecule has 74 valence electrons. The van der Waals surface area contributed by atoms with Gasteiger partial charge in [0.1, 0.15) is 15.0 Å². The van der Waals surface area contributed by atoms with Gasteiger partial charge < -0.3 is 4.57 Å². The highest BCUT2D eigenvalue weighted by molar-refractivity contribution is 9.13. The Kier molecular flexibility index (Phi) is 3.57. The van der Waals surface area contributed by atoms with Gasteiger partial charge in [0.15, 0.2) is 0 Å². The molecule has 1 rings (SSSR count). The summed E-state index contributed by atoms with van der Waals surface area (Å²) in [6.45, 7) is 8.62. The minimum Gasteiger partial charge on any atom is -0.319 e. The van der Waals surface area contributed by atoms with Crippen molar-refractivity contribution in [2.24, 2.45) is 0 Å². The summed E-state index contributed by atoms with van der Waals surface area (Å²) in [5.41, 5.74) is 0. The highest BCUT2D eigenvalue weighted by Gasteiger charge is 2.17. The van der Waals surface area contributed by atoms with Gasteiger partial charge in [-0.25, -0.2) is 4.98 Å². The summed E-state index contributed by atoms with van der Waals surface area (Å²) in [4.78, 5) is 4.46. The van der Waals surface area contributed by atoms with Gasteiger partial charge in [0, 0.05) is 12.0 Å². The van der Waals surface area contributed by atoms with E-state index in [4.69, 9.17) is 0 Å². The molecule has 1 aromatic heterocycles. The fraction of sp³-hybridized carbons (Fsp3) is 0.667. The van der Waals surface area contributed by atoms with Crippen LogP contribution in [-0.2, 0) is 0 Å². The lowest BCUT2D eigenvalue weighted by molar-refractivity contribution is 0.541. The Morgan fingerprint density at radius 1 is 1.15 bits per heavy atom. The van der Waals surface area contributed by atoms with Gasteiger partial charge in [-0.15, -0.1) is 0 Å². The van der Waals surface area contributed by atoms with Gasteiger partial charge in [-0.1, -0.05) is 13.8 Å². The molecule has 0 radical (unpaired) electrons. The molecule has 0 amide bonds. The summed E-state index contributed by atoms with van der Waals surface area (Å²) in [5, 5.41) is 0. The minimum absolute atomic E-state index is 0.436. The number of halogens is 2. The van der Waals surface area contributed by atoms with Crippen LogP contribution in [0.1, 0.15) is 45.5 Å². The first-order valence-electron chi connectivity index (χ1n) is 4.38. The Balaban J connectivity index is 3.27. The molecule has 0 aromatic carbocycles. The minimum atomic E-state index is 0.436. The zero-order valence-electron chi connectivity index (χ0n) is 8.31. The van der Waals surface area contributed by atoms with Crippen LogP contribution in [0, 0.1) is 0 Å². The Bertz CT molecular complexity index is 303. The monoisotopic (exact) mass is 308 g/mol. The van der Waals surface area contributed by atoms with Gasteiger partial charge in [-0.05, 0) is 45.7 Å². The Morgan fingerprint density at radius 3 is 2.00 bits per heavy atom. The van der Waals surface area contributed by atoms with Crippen molar-refractivity contribution in [1.82, 2.24) is 9.55 Å².